The molecule has 0 saturated carbocycles. The van der Waals surface area contributed by atoms with Crippen molar-refractivity contribution >= 4 is 28.0 Å². The van der Waals surface area contributed by atoms with E-state index in [1.54, 1.807) is 6.08 Å². The van der Waals surface area contributed by atoms with Crippen molar-refractivity contribution in [3.05, 3.63) is 82.9 Å². The van der Waals surface area contributed by atoms with Crippen molar-refractivity contribution in [2.24, 2.45) is 0 Å². The summed E-state index contributed by atoms with van der Waals surface area (Å²) in [5.74, 6) is 0.389. The Labute approximate surface area is 144 Å². The van der Waals surface area contributed by atoms with Crippen LogP contribution in [0.1, 0.15) is 11.1 Å². The minimum atomic E-state index is -0.388. The Morgan fingerprint density at radius 2 is 1.78 bits per heavy atom. The highest BCUT2D eigenvalue weighted by molar-refractivity contribution is 9.10. The van der Waals surface area contributed by atoms with Crippen LogP contribution in [0, 0.1) is 0 Å². The van der Waals surface area contributed by atoms with Crippen molar-refractivity contribution in [2.45, 2.75) is 6.61 Å². The summed E-state index contributed by atoms with van der Waals surface area (Å²) in [7, 11) is 0. The van der Waals surface area contributed by atoms with Crippen LogP contribution in [-0.4, -0.2) is 12.6 Å². The molecule has 118 valence electrons. The summed E-state index contributed by atoms with van der Waals surface area (Å²) < 4.78 is 11.6. The van der Waals surface area contributed by atoms with Gasteiger partial charge in [0.05, 0.1) is 0 Å². The molecule has 0 N–H and O–H groups in total. The van der Waals surface area contributed by atoms with Crippen molar-refractivity contribution in [1.29, 1.82) is 0 Å². The number of carbonyl (C=O) groups excluding carboxylic acids is 1. The molecule has 23 heavy (non-hydrogen) atoms. The molecule has 0 fully saturated rings. The van der Waals surface area contributed by atoms with Gasteiger partial charge in [-0.15, -0.1) is 0 Å². The van der Waals surface area contributed by atoms with Crippen LogP contribution in [0.3, 0.4) is 0 Å². The molecule has 4 heteroatoms. The monoisotopic (exact) mass is 372 g/mol. The lowest BCUT2D eigenvalue weighted by molar-refractivity contribution is -0.136. The van der Waals surface area contributed by atoms with Crippen LogP contribution in [-0.2, 0) is 16.1 Å². The van der Waals surface area contributed by atoms with Gasteiger partial charge in [0, 0.05) is 10.5 Å². The standard InChI is InChI=1S/C19H17BrO3/c1-2-13-22-19(21)12-7-15-5-10-18(11-6-15)23-14-16-3-8-17(20)9-4-16/h2-12H,1,13-14H2/b12-7+. The van der Waals surface area contributed by atoms with Gasteiger partial charge in [-0.3, -0.25) is 0 Å². The third-order valence-electron chi connectivity index (χ3n) is 2.95. The molecular weight excluding hydrogens is 356 g/mol. The summed E-state index contributed by atoms with van der Waals surface area (Å²) in [6.45, 7) is 4.21. The molecular formula is C19H17BrO3. The van der Waals surface area contributed by atoms with Crippen LogP contribution in [0.15, 0.2) is 71.7 Å². The molecule has 3 nitrogen and oxygen atoms in total. The zero-order chi connectivity index (χ0) is 16.5. The molecule has 2 aromatic rings. The Bertz CT molecular complexity index is 673. The summed E-state index contributed by atoms with van der Waals surface area (Å²) >= 11 is 3.40. The first-order chi connectivity index (χ1) is 11.2. The summed E-state index contributed by atoms with van der Waals surface area (Å²) in [4.78, 5) is 11.3. The summed E-state index contributed by atoms with van der Waals surface area (Å²) in [6, 6.07) is 15.5. The van der Waals surface area contributed by atoms with Crippen LogP contribution in [0.25, 0.3) is 6.08 Å². The van der Waals surface area contributed by atoms with Crippen molar-refractivity contribution < 1.29 is 14.3 Å². The topological polar surface area (TPSA) is 35.5 Å². The number of hydrogen-bond donors (Lipinski definition) is 0. The maximum atomic E-state index is 11.3. The smallest absolute Gasteiger partial charge is 0.331 e. The van der Waals surface area contributed by atoms with E-state index in [1.807, 2.05) is 48.5 Å². The quantitative estimate of drug-likeness (QED) is 0.398. The van der Waals surface area contributed by atoms with Gasteiger partial charge in [-0.05, 0) is 41.5 Å². The second kappa shape index (κ2) is 8.96. The van der Waals surface area contributed by atoms with E-state index in [9.17, 15) is 4.79 Å². The van der Waals surface area contributed by atoms with Crippen molar-refractivity contribution in [3.8, 4) is 5.75 Å². The maximum Gasteiger partial charge on any atom is 0.331 e. The maximum absolute atomic E-state index is 11.3. The number of benzene rings is 2. The Balaban J connectivity index is 1.86. The van der Waals surface area contributed by atoms with Gasteiger partial charge >= 0.3 is 5.97 Å². The number of carbonyl (C=O) groups is 1. The second-order valence-electron chi connectivity index (χ2n) is 4.74. The first-order valence-electron chi connectivity index (χ1n) is 7.10. The molecule has 0 spiro atoms. The minimum Gasteiger partial charge on any atom is -0.489 e. The minimum absolute atomic E-state index is 0.214. The highest BCUT2D eigenvalue weighted by Gasteiger charge is 1.98. The van der Waals surface area contributed by atoms with Crippen LogP contribution < -0.4 is 4.74 Å². The Kier molecular flexibility index (Phi) is 6.63. The van der Waals surface area contributed by atoms with Gasteiger partial charge in [0.1, 0.15) is 19.0 Å². The molecule has 2 aromatic carbocycles. The molecule has 0 atom stereocenters. The highest BCUT2D eigenvalue weighted by Crippen LogP contribution is 2.16. The lowest BCUT2D eigenvalue weighted by Crippen LogP contribution is -1.99. The van der Waals surface area contributed by atoms with E-state index >= 15 is 0 Å². The molecule has 0 radical (unpaired) electrons. The molecule has 0 aliphatic carbocycles. The fraction of sp³-hybridized carbons (Fsp3) is 0.105. The van der Waals surface area contributed by atoms with Gasteiger partial charge in [-0.25, -0.2) is 4.79 Å². The van der Waals surface area contributed by atoms with Gasteiger partial charge in [0.15, 0.2) is 0 Å². The molecule has 0 heterocycles. The molecule has 0 saturated heterocycles. The number of esters is 1. The van der Waals surface area contributed by atoms with E-state index in [0.29, 0.717) is 6.61 Å². The number of rotatable bonds is 7. The summed E-state index contributed by atoms with van der Waals surface area (Å²) in [5.41, 5.74) is 2.00. The van der Waals surface area contributed by atoms with Crippen molar-refractivity contribution in [1.82, 2.24) is 0 Å². The predicted molar refractivity (Wildman–Crippen MR) is 95.1 cm³/mol. The van der Waals surface area contributed by atoms with E-state index in [2.05, 4.69) is 22.5 Å². The summed E-state index contributed by atoms with van der Waals surface area (Å²) in [6.07, 6.45) is 4.62. The highest BCUT2D eigenvalue weighted by atomic mass is 79.9. The average Bonchev–Trinajstić information content (AvgIpc) is 2.58. The van der Waals surface area contributed by atoms with E-state index in [4.69, 9.17) is 9.47 Å². The largest absolute Gasteiger partial charge is 0.489 e. The SMILES string of the molecule is C=CCOC(=O)/C=C/c1ccc(OCc2ccc(Br)cc2)cc1. The average molecular weight is 373 g/mol. The van der Waals surface area contributed by atoms with Crippen LogP contribution >= 0.6 is 15.9 Å². The van der Waals surface area contributed by atoms with E-state index in [1.165, 1.54) is 12.2 Å². The van der Waals surface area contributed by atoms with Gasteiger partial charge in [0.25, 0.3) is 0 Å². The van der Waals surface area contributed by atoms with Crippen LogP contribution in [0.5, 0.6) is 5.75 Å². The predicted octanol–water partition coefficient (Wildman–Crippen LogP) is 4.77. The molecule has 0 aliphatic rings. The number of halogens is 1. The van der Waals surface area contributed by atoms with E-state index in [0.717, 1.165) is 21.3 Å². The zero-order valence-corrected chi connectivity index (χ0v) is 14.2. The lowest BCUT2D eigenvalue weighted by Gasteiger charge is -2.06. The third kappa shape index (κ3) is 6.12. The van der Waals surface area contributed by atoms with Gasteiger partial charge < -0.3 is 9.47 Å². The molecule has 0 aliphatic heterocycles. The second-order valence-corrected chi connectivity index (χ2v) is 5.65. The lowest BCUT2D eigenvalue weighted by atomic mass is 10.2. The molecule has 2 rings (SSSR count). The molecule has 0 aromatic heterocycles. The van der Waals surface area contributed by atoms with Crippen LogP contribution in [0.4, 0.5) is 0 Å². The summed E-state index contributed by atoms with van der Waals surface area (Å²) in [5, 5.41) is 0. The first-order valence-corrected chi connectivity index (χ1v) is 7.90. The van der Waals surface area contributed by atoms with Crippen molar-refractivity contribution in [2.75, 3.05) is 6.61 Å². The number of hydrogen-bond acceptors (Lipinski definition) is 3. The van der Waals surface area contributed by atoms with Crippen molar-refractivity contribution in [3.63, 3.8) is 0 Å². The normalized spacial score (nSPS) is 10.5. The van der Waals surface area contributed by atoms with E-state index in [-0.39, 0.29) is 12.6 Å². The van der Waals surface area contributed by atoms with Gasteiger partial charge in [-0.1, -0.05) is 52.9 Å². The van der Waals surface area contributed by atoms with E-state index < -0.39 is 0 Å². The molecule has 0 unspecified atom stereocenters. The van der Waals surface area contributed by atoms with Gasteiger partial charge in [0.2, 0.25) is 0 Å². The first kappa shape index (κ1) is 17.0. The third-order valence-corrected chi connectivity index (χ3v) is 3.48. The zero-order valence-electron chi connectivity index (χ0n) is 12.6. The molecule has 0 amide bonds. The van der Waals surface area contributed by atoms with Crippen LogP contribution in [0.2, 0.25) is 0 Å². The molecule has 0 bridgehead atoms. The fourth-order valence-corrected chi connectivity index (χ4v) is 2.04. The van der Waals surface area contributed by atoms with Gasteiger partial charge in [-0.2, -0.15) is 0 Å². The number of ether oxygens (including phenoxy) is 2. The fourth-order valence-electron chi connectivity index (χ4n) is 1.78. The Hall–Kier alpha value is -2.33. The Morgan fingerprint density at radius 1 is 1.09 bits per heavy atom. The Morgan fingerprint density at radius 3 is 2.43 bits per heavy atom.